The standard InChI is InChI=1S/C15H18N6O2/c16-13-12(21(22)23)14(17-11-7-3-1-4-8-11)19-15(18-13)20-9-5-2-6-10-20/h1,3-4,7-8H,2,5-6,9-10H2,(H3,16,17,18,19). The van der Waals surface area contributed by atoms with Gasteiger partial charge in [0.15, 0.2) is 0 Å². The maximum absolute atomic E-state index is 11.3. The summed E-state index contributed by atoms with van der Waals surface area (Å²) in [4.78, 5) is 21.3. The molecule has 8 heteroatoms. The molecule has 0 bridgehead atoms. The summed E-state index contributed by atoms with van der Waals surface area (Å²) in [5.74, 6) is 0.435. The second-order valence-electron chi connectivity index (χ2n) is 5.40. The number of hydrogen-bond acceptors (Lipinski definition) is 7. The Morgan fingerprint density at radius 3 is 2.48 bits per heavy atom. The lowest BCUT2D eigenvalue weighted by atomic mass is 10.1. The van der Waals surface area contributed by atoms with Gasteiger partial charge in [0.25, 0.3) is 0 Å². The van der Waals surface area contributed by atoms with E-state index in [1.807, 2.05) is 35.2 Å². The molecule has 1 saturated heterocycles. The Kier molecular flexibility index (Phi) is 4.22. The van der Waals surface area contributed by atoms with Crippen LogP contribution in [0.15, 0.2) is 30.3 Å². The van der Waals surface area contributed by atoms with E-state index in [0.717, 1.165) is 25.9 Å². The highest BCUT2D eigenvalue weighted by Crippen LogP contribution is 2.32. The number of benzene rings is 1. The van der Waals surface area contributed by atoms with Gasteiger partial charge in [0.05, 0.1) is 4.92 Å². The lowest BCUT2D eigenvalue weighted by Crippen LogP contribution is -2.31. The van der Waals surface area contributed by atoms with Gasteiger partial charge < -0.3 is 16.0 Å². The minimum atomic E-state index is -0.555. The number of aromatic nitrogens is 2. The molecule has 0 amide bonds. The fourth-order valence-electron chi connectivity index (χ4n) is 2.62. The highest BCUT2D eigenvalue weighted by Gasteiger charge is 2.25. The van der Waals surface area contributed by atoms with Crippen LogP contribution in [0.3, 0.4) is 0 Å². The van der Waals surface area contributed by atoms with Crippen LogP contribution in [0.25, 0.3) is 0 Å². The van der Waals surface area contributed by atoms with E-state index in [1.165, 1.54) is 6.42 Å². The first-order valence-corrected chi connectivity index (χ1v) is 7.54. The molecule has 8 nitrogen and oxygen atoms in total. The van der Waals surface area contributed by atoms with Gasteiger partial charge in [0, 0.05) is 18.8 Å². The second kappa shape index (κ2) is 6.47. The third-order valence-electron chi connectivity index (χ3n) is 3.76. The first kappa shape index (κ1) is 15.0. The van der Waals surface area contributed by atoms with Gasteiger partial charge in [-0.3, -0.25) is 10.1 Å². The predicted molar refractivity (Wildman–Crippen MR) is 88.9 cm³/mol. The van der Waals surface area contributed by atoms with Gasteiger partial charge in [-0.05, 0) is 31.4 Å². The molecule has 1 aliphatic rings. The number of para-hydroxylation sites is 1. The quantitative estimate of drug-likeness (QED) is 0.659. The molecular weight excluding hydrogens is 296 g/mol. The number of rotatable bonds is 4. The monoisotopic (exact) mass is 314 g/mol. The van der Waals surface area contributed by atoms with Crippen molar-refractivity contribution in [3.05, 3.63) is 40.4 Å². The van der Waals surface area contributed by atoms with Gasteiger partial charge in [-0.2, -0.15) is 9.97 Å². The number of nitrogen functional groups attached to an aromatic ring is 1. The van der Waals surface area contributed by atoms with Crippen molar-refractivity contribution in [2.24, 2.45) is 0 Å². The highest BCUT2D eigenvalue weighted by atomic mass is 16.6. The van der Waals surface area contributed by atoms with Gasteiger partial charge in [0.2, 0.25) is 17.6 Å². The molecule has 0 spiro atoms. The average molecular weight is 314 g/mol. The van der Waals surface area contributed by atoms with Gasteiger partial charge in [-0.25, -0.2) is 0 Å². The van der Waals surface area contributed by atoms with Crippen molar-refractivity contribution in [2.45, 2.75) is 19.3 Å². The molecule has 0 saturated carbocycles. The Balaban J connectivity index is 1.99. The number of nitrogens with two attached hydrogens (primary N) is 1. The molecule has 0 radical (unpaired) electrons. The van der Waals surface area contributed by atoms with E-state index in [9.17, 15) is 10.1 Å². The van der Waals surface area contributed by atoms with E-state index < -0.39 is 4.92 Å². The predicted octanol–water partition coefficient (Wildman–Crippen LogP) is 2.70. The Bertz CT molecular complexity index is 701. The molecule has 0 aliphatic carbocycles. The van der Waals surface area contributed by atoms with Crippen LogP contribution in [-0.2, 0) is 0 Å². The van der Waals surface area contributed by atoms with E-state index in [2.05, 4.69) is 15.3 Å². The van der Waals surface area contributed by atoms with Crippen molar-refractivity contribution in [3.63, 3.8) is 0 Å². The SMILES string of the molecule is Nc1nc(N2CCCCC2)nc(Nc2ccccc2)c1[N+](=O)[O-]. The largest absolute Gasteiger partial charge is 0.378 e. The van der Waals surface area contributed by atoms with Crippen LogP contribution >= 0.6 is 0 Å². The second-order valence-corrected chi connectivity index (χ2v) is 5.40. The van der Waals surface area contributed by atoms with E-state index in [0.29, 0.717) is 11.6 Å². The molecule has 2 aromatic rings. The van der Waals surface area contributed by atoms with Crippen molar-refractivity contribution in [1.82, 2.24) is 9.97 Å². The average Bonchev–Trinajstić information content (AvgIpc) is 2.56. The summed E-state index contributed by atoms with van der Waals surface area (Å²) in [7, 11) is 0. The fraction of sp³-hybridized carbons (Fsp3) is 0.333. The first-order valence-electron chi connectivity index (χ1n) is 7.54. The molecular formula is C15H18N6O2. The van der Waals surface area contributed by atoms with Gasteiger partial charge in [-0.15, -0.1) is 0 Å². The van der Waals surface area contributed by atoms with Crippen molar-refractivity contribution < 1.29 is 4.92 Å². The lowest BCUT2D eigenvalue weighted by Gasteiger charge is -2.27. The molecule has 2 heterocycles. The van der Waals surface area contributed by atoms with Gasteiger partial charge in [-0.1, -0.05) is 18.2 Å². The Labute approximate surface area is 133 Å². The number of nitro groups is 1. The smallest absolute Gasteiger partial charge is 0.353 e. The van der Waals surface area contributed by atoms with Crippen LogP contribution < -0.4 is 16.0 Å². The Morgan fingerprint density at radius 1 is 1.13 bits per heavy atom. The minimum Gasteiger partial charge on any atom is -0.378 e. The van der Waals surface area contributed by atoms with Crippen molar-refractivity contribution in [1.29, 1.82) is 0 Å². The molecule has 1 aliphatic heterocycles. The first-order chi connectivity index (χ1) is 11.1. The number of anilines is 4. The van der Waals surface area contributed by atoms with E-state index in [4.69, 9.17) is 5.73 Å². The molecule has 3 N–H and O–H groups in total. The van der Waals surface area contributed by atoms with Gasteiger partial charge in [0.1, 0.15) is 0 Å². The zero-order chi connectivity index (χ0) is 16.2. The van der Waals surface area contributed by atoms with Crippen molar-refractivity contribution in [3.8, 4) is 0 Å². The maximum atomic E-state index is 11.3. The normalized spacial score (nSPS) is 14.5. The zero-order valence-corrected chi connectivity index (χ0v) is 12.6. The Morgan fingerprint density at radius 2 is 1.83 bits per heavy atom. The molecule has 0 unspecified atom stereocenters. The fourth-order valence-corrected chi connectivity index (χ4v) is 2.62. The summed E-state index contributed by atoms with van der Waals surface area (Å²) in [5, 5.41) is 14.3. The van der Waals surface area contributed by atoms with Crippen LogP contribution in [0.1, 0.15) is 19.3 Å². The third kappa shape index (κ3) is 3.31. The molecule has 1 fully saturated rings. The zero-order valence-electron chi connectivity index (χ0n) is 12.6. The maximum Gasteiger partial charge on any atom is 0.353 e. The molecule has 1 aromatic heterocycles. The van der Waals surface area contributed by atoms with Crippen LogP contribution in [0.5, 0.6) is 0 Å². The lowest BCUT2D eigenvalue weighted by molar-refractivity contribution is -0.383. The van der Waals surface area contributed by atoms with Crippen LogP contribution in [0.4, 0.5) is 29.0 Å². The third-order valence-corrected chi connectivity index (χ3v) is 3.76. The van der Waals surface area contributed by atoms with E-state index in [-0.39, 0.29) is 17.3 Å². The molecule has 1 aromatic carbocycles. The summed E-state index contributed by atoms with van der Waals surface area (Å²) in [6.07, 6.45) is 3.29. The number of hydrogen-bond donors (Lipinski definition) is 2. The highest BCUT2D eigenvalue weighted by molar-refractivity contribution is 5.74. The van der Waals surface area contributed by atoms with Crippen molar-refractivity contribution >= 4 is 29.0 Å². The van der Waals surface area contributed by atoms with Gasteiger partial charge >= 0.3 is 5.69 Å². The number of nitrogens with one attached hydrogen (secondary N) is 1. The minimum absolute atomic E-state index is 0.120. The van der Waals surface area contributed by atoms with Crippen LogP contribution in [-0.4, -0.2) is 28.0 Å². The molecule has 3 rings (SSSR count). The molecule has 0 atom stereocenters. The summed E-state index contributed by atoms with van der Waals surface area (Å²) in [6.45, 7) is 1.67. The molecule has 23 heavy (non-hydrogen) atoms. The number of piperidine rings is 1. The summed E-state index contributed by atoms with van der Waals surface area (Å²) >= 11 is 0. The topological polar surface area (TPSA) is 110 Å². The summed E-state index contributed by atoms with van der Waals surface area (Å²) in [5.41, 5.74) is 6.23. The summed E-state index contributed by atoms with van der Waals surface area (Å²) < 4.78 is 0. The summed E-state index contributed by atoms with van der Waals surface area (Å²) in [6, 6.07) is 9.16. The van der Waals surface area contributed by atoms with Crippen molar-refractivity contribution in [2.75, 3.05) is 29.0 Å². The molecule has 120 valence electrons. The Hall–Kier alpha value is -2.90. The van der Waals surface area contributed by atoms with E-state index >= 15 is 0 Å². The van der Waals surface area contributed by atoms with Crippen LogP contribution in [0.2, 0.25) is 0 Å². The van der Waals surface area contributed by atoms with E-state index in [1.54, 1.807) is 0 Å². The van der Waals surface area contributed by atoms with Crippen LogP contribution in [0, 0.1) is 10.1 Å². The number of nitrogens with zero attached hydrogens (tertiary/aromatic N) is 4.